The molecule has 1 aliphatic heterocycles. The van der Waals surface area contributed by atoms with E-state index in [0.717, 1.165) is 89.9 Å². The molecule has 0 aromatic carbocycles. The first-order chi connectivity index (χ1) is 37.2. The first kappa shape index (κ1) is 71.4. The molecule has 76 heavy (non-hydrogen) atoms. The first-order valence-corrected chi connectivity index (χ1v) is 31.6. The summed E-state index contributed by atoms with van der Waals surface area (Å²) in [6.07, 6.45) is 55.4. The van der Waals surface area contributed by atoms with E-state index in [1.165, 1.54) is 141 Å². The van der Waals surface area contributed by atoms with Gasteiger partial charge in [-0.2, -0.15) is 0 Å². The average Bonchev–Trinajstić information content (AvgIpc) is 3.42. The standard InChI is InChI=1S/C65H117NO10/c1-4-7-10-13-16-19-22-25-27-28-29-30-31-33-34-37-40-43-46-49-52-58(69)64(73)66-56(57(68)51-48-45-42-39-36-24-21-18-15-12-9-6-3)55-74-65-63(62(72)61(71)59(54-67)75-65)76-60(70)53-50-47-44-41-38-35-32-26-23-20-17-14-11-8-5-2/h8,11,14,17,20,23,25,27,48,51,56-59,61-63,65,67-69,71-72H,4-7,9-10,12-13,15-16,18-19,21-22,24,26,28-47,49-50,52-55H2,1-3H3,(H,66,73)/b11-8+,17-14+,23-20+,27-25+,51-48+. The van der Waals surface area contributed by atoms with Crippen LogP contribution in [-0.4, -0.2) is 99.6 Å². The summed E-state index contributed by atoms with van der Waals surface area (Å²) in [6, 6.07) is -1.03. The number of esters is 1. The van der Waals surface area contributed by atoms with Crippen LogP contribution in [0.15, 0.2) is 60.8 Å². The number of rotatable bonds is 53. The van der Waals surface area contributed by atoms with Crippen LogP contribution < -0.4 is 5.32 Å². The largest absolute Gasteiger partial charge is 0.454 e. The summed E-state index contributed by atoms with van der Waals surface area (Å²) >= 11 is 0. The van der Waals surface area contributed by atoms with E-state index in [-0.39, 0.29) is 19.4 Å². The number of ether oxygens (including phenoxy) is 3. The highest BCUT2D eigenvalue weighted by atomic mass is 16.7. The van der Waals surface area contributed by atoms with Gasteiger partial charge in [-0.1, -0.05) is 261 Å². The summed E-state index contributed by atoms with van der Waals surface area (Å²) in [7, 11) is 0. The monoisotopic (exact) mass is 1070 g/mol. The lowest BCUT2D eigenvalue weighted by Crippen LogP contribution is -2.61. The summed E-state index contributed by atoms with van der Waals surface area (Å²) in [5.74, 6) is -1.20. The summed E-state index contributed by atoms with van der Waals surface area (Å²) in [4.78, 5) is 26.5. The highest BCUT2D eigenvalue weighted by Gasteiger charge is 2.47. The highest BCUT2D eigenvalue weighted by molar-refractivity contribution is 5.80. The average molecular weight is 1070 g/mol. The molecule has 1 amide bonds. The third-order valence-electron chi connectivity index (χ3n) is 14.7. The molecule has 0 bridgehead atoms. The van der Waals surface area contributed by atoms with Gasteiger partial charge in [0.05, 0.1) is 25.4 Å². The Kier molecular flexibility index (Phi) is 49.8. The number of unbranched alkanes of at least 4 members (excludes halogenated alkanes) is 33. The van der Waals surface area contributed by atoms with Crippen LogP contribution in [0, 0.1) is 0 Å². The van der Waals surface area contributed by atoms with Crippen LogP contribution in [0.2, 0.25) is 0 Å². The van der Waals surface area contributed by atoms with Crippen molar-refractivity contribution in [2.24, 2.45) is 0 Å². The van der Waals surface area contributed by atoms with Gasteiger partial charge in [0.15, 0.2) is 12.4 Å². The van der Waals surface area contributed by atoms with Crippen molar-refractivity contribution in [2.75, 3.05) is 13.2 Å². The van der Waals surface area contributed by atoms with Crippen LogP contribution in [0.25, 0.3) is 0 Å². The van der Waals surface area contributed by atoms with Crippen molar-refractivity contribution in [3.63, 3.8) is 0 Å². The van der Waals surface area contributed by atoms with E-state index in [0.29, 0.717) is 12.8 Å². The fourth-order valence-electron chi connectivity index (χ4n) is 9.71. The molecule has 8 atom stereocenters. The molecule has 442 valence electrons. The van der Waals surface area contributed by atoms with Crippen molar-refractivity contribution in [3.8, 4) is 0 Å². The number of amides is 1. The Balaban J connectivity index is 2.66. The van der Waals surface area contributed by atoms with Gasteiger partial charge in [0.1, 0.15) is 24.4 Å². The zero-order chi connectivity index (χ0) is 55.4. The van der Waals surface area contributed by atoms with Crippen molar-refractivity contribution in [1.29, 1.82) is 0 Å². The maximum atomic E-state index is 13.4. The highest BCUT2D eigenvalue weighted by Crippen LogP contribution is 2.26. The Labute approximate surface area is 465 Å². The number of aliphatic hydroxyl groups excluding tert-OH is 5. The molecule has 0 radical (unpaired) electrons. The molecule has 8 unspecified atom stereocenters. The number of aliphatic hydroxyl groups is 5. The Bertz CT molecular complexity index is 1460. The van der Waals surface area contributed by atoms with E-state index in [1.54, 1.807) is 6.08 Å². The lowest BCUT2D eigenvalue weighted by atomic mass is 9.99. The lowest BCUT2D eigenvalue weighted by Gasteiger charge is -2.41. The van der Waals surface area contributed by atoms with E-state index < -0.39 is 67.4 Å². The molecule has 0 aromatic rings. The lowest BCUT2D eigenvalue weighted by molar-refractivity contribution is -0.305. The summed E-state index contributed by atoms with van der Waals surface area (Å²) in [5.41, 5.74) is 0. The van der Waals surface area contributed by atoms with Gasteiger partial charge in [-0.15, -0.1) is 0 Å². The Morgan fingerprint density at radius 3 is 1.45 bits per heavy atom. The summed E-state index contributed by atoms with van der Waals surface area (Å²) in [6.45, 7) is 5.66. The smallest absolute Gasteiger partial charge is 0.306 e. The van der Waals surface area contributed by atoms with Crippen LogP contribution in [0.1, 0.15) is 278 Å². The minimum Gasteiger partial charge on any atom is -0.454 e. The van der Waals surface area contributed by atoms with Crippen molar-refractivity contribution < 1.29 is 49.3 Å². The van der Waals surface area contributed by atoms with Gasteiger partial charge < -0.3 is 45.1 Å². The minimum absolute atomic E-state index is 0.109. The fourth-order valence-corrected chi connectivity index (χ4v) is 9.71. The van der Waals surface area contributed by atoms with E-state index in [2.05, 4.69) is 68.6 Å². The molecule has 1 fully saturated rings. The second-order valence-corrected chi connectivity index (χ2v) is 21.8. The predicted octanol–water partition coefficient (Wildman–Crippen LogP) is 15.0. The Hall–Kier alpha value is -2.64. The van der Waals surface area contributed by atoms with E-state index in [1.807, 2.05) is 12.2 Å². The number of hydrogen-bond donors (Lipinski definition) is 6. The van der Waals surface area contributed by atoms with Gasteiger partial charge >= 0.3 is 5.97 Å². The first-order valence-electron chi connectivity index (χ1n) is 31.6. The molecular weight excluding hydrogens is 955 g/mol. The molecule has 11 heteroatoms. The number of allylic oxidation sites excluding steroid dienone is 9. The van der Waals surface area contributed by atoms with Gasteiger partial charge in [0, 0.05) is 6.42 Å². The third-order valence-corrected chi connectivity index (χ3v) is 14.7. The normalized spacial score (nSPS) is 19.5. The van der Waals surface area contributed by atoms with Crippen molar-refractivity contribution in [1.82, 2.24) is 5.32 Å². The maximum Gasteiger partial charge on any atom is 0.306 e. The van der Waals surface area contributed by atoms with Crippen LogP contribution >= 0.6 is 0 Å². The summed E-state index contributed by atoms with van der Waals surface area (Å²) < 4.78 is 17.6. The van der Waals surface area contributed by atoms with E-state index >= 15 is 0 Å². The molecule has 0 saturated carbocycles. The second kappa shape index (κ2) is 53.0. The predicted molar refractivity (Wildman–Crippen MR) is 315 cm³/mol. The minimum atomic E-state index is -1.62. The molecular formula is C65H117NO10. The van der Waals surface area contributed by atoms with Crippen LogP contribution in [0.4, 0.5) is 0 Å². The SMILES string of the molecule is CC/C=C/C=C/C=C/CCCCCCCCCC(=O)OC1C(OCC(NC(=O)C(O)CCCCCCCCCCCC/C=C/CCCCCCCC)C(O)/C=C/CCCCCCCCCCCC)OC(CO)C(O)C1O. The Morgan fingerprint density at radius 1 is 0.526 bits per heavy atom. The summed E-state index contributed by atoms with van der Waals surface area (Å²) in [5, 5.41) is 57.0. The fraction of sp³-hybridized carbons (Fsp3) is 0.815. The zero-order valence-electron chi connectivity index (χ0n) is 48.9. The Morgan fingerprint density at radius 2 is 0.961 bits per heavy atom. The van der Waals surface area contributed by atoms with Gasteiger partial charge in [-0.25, -0.2) is 0 Å². The van der Waals surface area contributed by atoms with Crippen molar-refractivity contribution in [3.05, 3.63) is 60.8 Å². The van der Waals surface area contributed by atoms with E-state index in [4.69, 9.17) is 14.2 Å². The molecule has 0 aromatic heterocycles. The third kappa shape index (κ3) is 40.5. The van der Waals surface area contributed by atoms with Gasteiger partial charge in [-0.05, 0) is 70.6 Å². The van der Waals surface area contributed by atoms with Gasteiger partial charge in [-0.3, -0.25) is 9.59 Å². The van der Waals surface area contributed by atoms with Crippen molar-refractivity contribution in [2.45, 2.75) is 327 Å². The number of hydrogen-bond acceptors (Lipinski definition) is 10. The van der Waals surface area contributed by atoms with Crippen LogP contribution in [0.3, 0.4) is 0 Å². The number of nitrogens with one attached hydrogen (secondary N) is 1. The van der Waals surface area contributed by atoms with E-state index in [9.17, 15) is 35.1 Å². The van der Waals surface area contributed by atoms with Gasteiger partial charge in [0.25, 0.3) is 0 Å². The second-order valence-electron chi connectivity index (χ2n) is 21.8. The zero-order valence-corrected chi connectivity index (χ0v) is 48.9. The molecule has 0 aliphatic carbocycles. The van der Waals surface area contributed by atoms with Crippen LogP contribution in [0.5, 0.6) is 0 Å². The quantitative estimate of drug-likeness (QED) is 0.0149. The molecule has 1 heterocycles. The molecule has 6 N–H and O–H groups in total. The molecule has 11 nitrogen and oxygen atoms in total. The molecule has 0 spiro atoms. The number of carbonyl (C=O) groups is 2. The number of carbonyl (C=O) groups excluding carboxylic acids is 2. The molecule has 1 aliphatic rings. The molecule has 1 saturated heterocycles. The van der Waals surface area contributed by atoms with Crippen LogP contribution in [-0.2, 0) is 23.8 Å². The molecule has 1 rings (SSSR count). The topological polar surface area (TPSA) is 175 Å². The van der Waals surface area contributed by atoms with Gasteiger partial charge in [0.2, 0.25) is 5.91 Å². The van der Waals surface area contributed by atoms with Crippen molar-refractivity contribution >= 4 is 11.9 Å². The maximum absolute atomic E-state index is 13.4.